The summed E-state index contributed by atoms with van der Waals surface area (Å²) >= 11 is 9.21. The third kappa shape index (κ3) is 4.41. The second-order valence-corrected chi connectivity index (χ2v) is 9.69. The molecule has 5 nitrogen and oxygen atoms in total. The topological polar surface area (TPSA) is 57.4 Å². The van der Waals surface area contributed by atoms with Crippen molar-refractivity contribution < 1.29 is 22.7 Å². The van der Waals surface area contributed by atoms with Crippen molar-refractivity contribution in [1.29, 1.82) is 0 Å². The SMILES string of the molecule is COc1cc(C2c3[nH]c4ccccc4c3CCN2C(=O)Nc2ccc(Cl)c(C(F)(F)F)c2)ccc1Br. The third-order valence-electron chi connectivity index (χ3n) is 6.31. The average Bonchev–Trinajstić information content (AvgIpc) is 3.23. The molecule has 2 heterocycles. The number of aromatic amines is 1. The van der Waals surface area contributed by atoms with Crippen LogP contribution in [0.15, 0.2) is 65.1 Å². The van der Waals surface area contributed by atoms with Gasteiger partial charge in [-0.25, -0.2) is 4.79 Å². The first kappa shape index (κ1) is 24.5. The zero-order valence-corrected chi connectivity index (χ0v) is 21.3. The number of halogens is 5. The average molecular weight is 579 g/mol. The number of fused-ring (bicyclic) bond motifs is 3. The van der Waals surface area contributed by atoms with E-state index in [0.29, 0.717) is 18.7 Å². The molecule has 3 aromatic carbocycles. The Morgan fingerprint density at radius 1 is 1.17 bits per heavy atom. The number of ether oxygens (including phenoxy) is 1. The molecule has 0 saturated heterocycles. The third-order valence-corrected chi connectivity index (χ3v) is 7.29. The molecule has 0 radical (unpaired) electrons. The molecule has 0 spiro atoms. The van der Waals surface area contributed by atoms with Gasteiger partial charge >= 0.3 is 12.2 Å². The van der Waals surface area contributed by atoms with E-state index < -0.39 is 28.8 Å². The molecule has 1 unspecified atom stereocenters. The molecule has 0 fully saturated rings. The molecule has 0 bridgehead atoms. The Bertz CT molecular complexity index is 1470. The predicted molar refractivity (Wildman–Crippen MR) is 137 cm³/mol. The Balaban J connectivity index is 1.57. The minimum atomic E-state index is -4.64. The minimum absolute atomic E-state index is 0.00584. The lowest BCUT2D eigenvalue weighted by molar-refractivity contribution is -0.137. The van der Waals surface area contributed by atoms with Gasteiger partial charge in [-0.1, -0.05) is 35.9 Å². The van der Waals surface area contributed by atoms with Crippen LogP contribution in [0, 0.1) is 0 Å². The zero-order valence-electron chi connectivity index (χ0n) is 18.9. The van der Waals surface area contributed by atoms with Crippen molar-refractivity contribution in [3.8, 4) is 5.75 Å². The van der Waals surface area contributed by atoms with E-state index >= 15 is 0 Å². The lowest BCUT2D eigenvalue weighted by Crippen LogP contribution is -2.43. The molecule has 0 aliphatic carbocycles. The van der Waals surface area contributed by atoms with E-state index in [9.17, 15) is 18.0 Å². The van der Waals surface area contributed by atoms with Gasteiger partial charge in [-0.3, -0.25) is 0 Å². The molecular formula is C26H20BrClF3N3O2. The number of rotatable bonds is 3. The van der Waals surface area contributed by atoms with E-state index in [0.717, 1.165) is 44.3 Å². The number of aromatic nitrogens is 1. The van der Waals surface area contributed by atoms with E-state index in [4.69, 9.17) is 16.3 Å². The number of urea groups is 1. The summed E-state index contributed by atoms with van der Waals surface area (Å²) in [5, 5.41) is 3.28. The maximum atomic E-state index is 13.5. The molecule has 5 rings (SSSR count). The number of H-pyrrole nitrogens is 1. The van der Waals surface area contributed by atoms with Crippen LogP contribution in [-0.2, 0) is 12.6 Å². The second-order valence-electron chi connectivity index (χ2n) is 8.43. The van der Waals surface area contributed by atoms with Crippen molar-refractivity contribution >= 4 is 50.2 Å². The first-order valence-electron chi connectivity index (χ1n) is 11.0. The normalized spacial score (nSPS) is 15.6. The molecule has 1 aliphatic rings. The Morgan fingerprint density at radius 2 is 1.94 bits per heavy atom. The van der Waals surface area contributed by atoms with Gasteiger partial charge in [0.05, 0.1) is 28.2 Å². The lowest BCUT2D eigenvalue weighted by Gasteiger charge is -2.36. The van der Waals surface area contributed by atoms with Crippen molar-refractivity contribution in [3.05, 3.63) is 92.5 Å². The van der Waals surface area contributed by atoms with Crippen LogP contribution in [0.3, 0.4) is 0 Å². The minimum Gasteiger partial charge on any atom is -0.496 e. The standard InChI is InChI=1S/C26H20BrClF3N3O2/c1-36-22-12-14(6-8-19(22)27)24-23-17(16-4-2-3-5-21(16)33-23)10-11-34(24)25(35)32-15-7-9-20(28)18(13-15)26(29,30)31/h2-9,12-13,24,33H,10-11H2,1H3,(H,32,35). The summed E-state index contributed by atoms with van der Waals surface area (Å²) in [4.78, 5) is 18.6. The number of para-hydroxylation sites is 1. The molecule has 0 saturated carbocycles. The van der Waals surface area contributed by atoms with E-state index in [1.807, 2.05) is 42.5 Å². The number of methoxy groups -OCH3 is 1. The Morgan fingerprint density at radius 3 is 2.69 bits per heavy atom. The van der Waals surface area contributed by atoms with Crippen LogP contribution in [0.25, 0.3) is 10.9 Å². The quantitative estimate of drug-likeness (QED) is 0.261. The van der Waals surface area contributed by atoms with Crippen LogP contribution in [0.1, 0.15) is 28.4 Å². The highest BCUT2D eigenvalue weighted by molar-refractivity contribution is 9.10. The predicted octanol–water partition coefficient (Wildman–Crippen LogP) is 7.79. The van der Waals surface area contributed by atoms with Crippen molar-refractivity contribution in [2.75, 3.05) is 19.0 Å². The summed E-state index contributed by atoms with van der Waals surface area (Å²) in [6, 6.07) is 15.8. The van der Waals surface area contributed by atoms with Crippen molar-refractivity contribution in [2.45, 2.75) is 18.6 Å². The summed E-state index contributed by atoms with van der Waals surface area (Å²) in [6.07, 6.45) is -4.05. The smallest absolute Gasteiger partial charge is 0.417 e. The van der Waals surface area contributed by atoms with Gasteiger partial charge in [0.2, 0.25) is 0 Å². The number of carbonyl (C=O) groups is 1. The largest absolute Gasteiger partial charge is 0.496 e. The molecule has 1 aliphatic heterocycles. The van der Waals surface area contributed by atoms with Crippen LogP contribution in [-0.4, -0.2) is 29.6 Å². The first-order valence-corrected chi connectivity index (χ1v) is 12.2. The van der Waals surface area contributed by atoms with Crippen molar-refractivity contribution in [2.24, 2.45) is 0 Å². The van der Waals surface area contributed by atoms with Crippen LogP contribution in [0.5, 0.6) is 5.75 Å². The van der Waals surface area contributed by atoms with E-state index in [1.54, 1.807) is 12.0 Å². The lowest BCUT2D eigenvalue weighted by atomic mass is 9.92. The molecule has 1 atom stereocenters. The number of nitrogens with one attached hydrogen (secondary N) is 2. The summed E-state index contributed by atoms with van der Waals surface area (Å²) in [7, 11) is 1.56. The van der Waals surface area contributed by atoms with Crippen LogP contribution < -0.4 is 10.1 Å². The van der Waals surface area contributed by atoms with Gasteiger partial charge in [0, 0.05) is 28.8 Å². The second kappa shape index (κ2) is 9.37. The highest BCUT2D eigenvalue weighted by Crippen LogP contribution is 2.41. The Labute approximate surface area is 218 Å². The number of anilines is 1. The molecule has 10 heteroatoms. The summed E-state index contributed by atoms with van der Waals surface area (Å²) in [5.74, 6) is 0.601. The number of hydrogen-bond donors (Lipinski definition) is 2. The van der Waals surface area contributed by atoms with E-state index in [2.05, 4.69) is 26.2 Å². The van der Waals surface area contributed by atoms with Crippen LogP contribution >= 0.6 is 27.5 Å². The van der Waals surface area contributed by atoms with Gasteiger partial charge in [-0.05, 0) is 69.9 Å². The molecule has 1 aromatic heterocycles. The number of carbonyl (C=O) groups excluding carboxylic acids is 1. The fourth-order valence-electron chi connectivity index (χ4n) is 4.67. The zero-order chi connectivity index (χ0) is 25.6. The number of nitrogens with zero attached hydrogens (tertiary/aromatic N) is 1. The molecule has 186 valence electrons. The highest BCUT2D eigenvalue weighted by Gasteiger charge is 2.36. The summed E-state index contributed by atoms with van der Waals surface area (Å²) in [6.45, 7) is 0.365. The molecule has 36 heavy (non-hydrogen) atoms. The Hall–Kier alpha value is -3.17. The highest BCUT2D eigenvalue weighted by atomic mass is 79.9. The number of amides is 2. The Kier molecular flexibility index (Phi) is 6.38. The van der Waals surface area contributed by atoms with Gasteiger partial charge in [0.15, 0.2) is 0 Å². The van der Waals surface area contributed by atoms with Crippen LogP contribution in [0.4, 0.5) is 23.7 Å². The molecule has 4 aromatic rings. The summed E-state index contributed by atoms with van der Waals surface area (Å²) < 4.78 is 46.3. The van der Waals surface area contributed by atoms with Gasteiger partial charge in [0.1, 0.15) is 5.75 Å². The fourth-order valence-corrected chi connectivity index (χ4v) is 5.30. The first-order chi connectivity index (χ1) is 17.2. The maximum Gasteiger partial charge on any atom is 0.417 e. The number of alkyl halides is 3. The fraction of sp³-hybridized carbons (Fsp3) is 0.192. The number of benzene rings is 3. The molecular weight excluding hydrogens is 559 g/mol. The van der Waals surface area contributed by atoms with Gasteiger partial charge in [0.25, 0.3) is 0 Å². The van der Waals surface area contributed by atoms with Gasteiger partial charge < -0.3 is 19.9 Å². The van der Waals surface area contributed by atoms with Crippen LogP contribution in [0.2, 0.25) is 5.02 Å². The van der Waals surface area contributed by atoms with Crippen molar-refractivity contribution in [3.63, 3.8) is 0 Å². The summed E-state index contributed by atoms with van der Waals surface area (Å²) in [5.41, 5.74) is 2.71. The molecule has 2 N–H and O–H groups in total. The van der Waals surface area contributed by atoms with Crippen molar-refractivity contribution in [1.82, 2.24) is 9.88 Å². The van der Waals surface area contributed by atoms with E-state index in [-0.39, 0.29) is 5.69 Å². The molecule has 2 amide bonds. The number of hydrogen-bond acceptors (Lipinski definition) is 2. The van der Waals surface area contributed by atoms with Gasteiger partial charge in [-0.2, -0.15) is 13.2 Å². The van der Waals surface area contributed by atoms with Gasteiger partial charge in [-0.15, -0.1) is 0 Å². The maximum absolute atomic E-state index is 13.5. The monoisotopic (exact) mass is 577 g/mol. The van der Waals surface area contributed by atoms with E-state index in [1.165, 1.54) is 6.07 Å².